The van der Waals surface area contributed by atoms with Gasteiger partial charge in [-0.15, -0.1) is 0 Å². The van der Waals surface area contributed by atoms with Crippen molar-refractivity contribution in [1.29, 1.82) is 0 Å². The molecule has 7 nitrogen and oxygen atoms in total. The molecule has 0 spiro atoms. The number of carbonyl (C=O) groups is 2. The predicted molar refractivity (Wildman–Crippen MR) is 100 cm³/mol. The van der Waals surface area contributed by atoms with E-state index in [1.807, 2.05) is 36.4 Å². The van der Waals surface area contributed by atoms with Crippen LogP contribution < -0.4 is 0 Å². The fourth-order valence-electron chi connectivity index (χ4n) is 1.95. The second-order valence-electron chi connectivity index (χ2n) is 4.91. The van der Waals surface area contributed by atoms with Crippen LogP contribution in [0.4, 0.5) is 10.5 Å². The number of nitro benzene ring substituents is 1. The van der Waals surface area contributed by atoms with Gasteiger partial charge in [0.2, 0.25) is 0 Å². The third-order valence-corrected chi connectivity index (χ3v) is 3.05. The van der Waals surface area contributed by atoms with Crippen LogP contribution in [-0.2, 0) is 0 Å². The van der Waals surface area contributed by atoms with E-state index < -0.39 is 11.1 Å². The largest absolute Gasteiger partial charge is 0.503 e. The van der Waals surface area contributed by atoms with Crippen LogP contribution >= 0.6 is 0 Å². The number of benzene rings is 3. The molecule has 3 aromatic carbocycles. The Morgan fingerprint density at radius 3 is 1.52 bits per heavy atom. The first-order valence-corrected chi connectivity index (χ1v) is 7.68. The molecule has 2 N–H and O–H groups in total. The number of hydrogen-bond acceptors (Lipinski definition) is 4. The van der Waals surface area contributed by atoms with E-state index >= 15 is 0 Å². The molecule has 0 aliphatic heterocycles. The quantitative estimate of drug-likeness (QED) is 0.392. The van der Waals surface area contributed by atoms with E-state index in [1.54, 1.807) is 42.5 Å². The second kappa shape index (κ2) is 11.5. The van der Waals surface area contributed by atoms with Gasteiger partial charge in [0.25, 0.3) is 5.69 Å². The lowest BCUT2D eigenvalue weighted by Crippen LogP contribution is -2.04. The maximum absolute atomic E-state index is 12.1. The van der Waals surface area contributed by atoms with Gasteiger partial charge in [0.1, 0.15) is 5.56 Å². The SMILES string of the molecule is O=C(O)O.O=C(c1ccccc1)c1ccccc1[N+](=O)[O-].c1ccccc1. The first-order chi connectivity index (χ1) is 12.9. The number of hydrogen-bond donors (Lipinski definition) is 2. The highest BCUT2D eigenvalue weighted by Gasteiger charge is 2.19. The fourth-order valence-corrected chi connectivity index (χ4v) is 1.95. The van der Waals surface area contributed by atoms with Crippen LogP contribution in [0.15, 0.2) is 91.0 Å². The van der Waals surface area contributed by atoms with Crippen molar-refractivity contribution in [3.05, 3.63) is 112 Å². The van der Waals surface area contributed by atoms with E-state index in [-0.39, 0.29) is 17.0 Å². The summed E-state index contributed by atoms with van der Waals surface area (Å²) in [5.74, 6) is -0.335. The lowest BCUT2D eigenvalue weighted by molar-refractivity contribution is -0.385. The van der Waals surface area contributed by atoms with Gasteiger partial charge in [0, 0.05) is 11.6 Å². The summed E-state index contributed by atoms with van der Waals surface area (Å²) < 4.78 is 0. The second-order valence-corrected chi connectivity index (χ2v) is 4.91. The zero-order valence-corrected chi connectivity index (χ0v) is 14.1. The highest BCUT2D eigenvalue weighted by molar-refractivity contribution is 6.11. The molecule has 138 valence electrons. The molecule has 0 radical (unpaired) electrons. The van der Waals surface area contributed by atoms with Crippen LogP contribution in [0.3, 0.4) is 0 Å². The summed E-state index contributed by atoms with van der Waals surface area (Å²) in [6, 6.07) is 26.5. The van der Waals surface area contributed by atoms with Gasteiger partial charge >= 0.3 is 6.16 Å². The summed E-state index contributed by atoms with van der Waals surface area (Å²) >= 11 is 0. The van der Waals surface area contributed by atoms with Crippen molar-refractivity contribution < 1.29 is 24.7 Å². The van der Waals surface area contributed by atoms with Crippen molar-refractivity contribution in [3.63, 3.8) is 0 Å². The molecule has 0 aromatic heterocycles. The van der Waals surface area contributed by atoms with E-state index in [4.69, 9.17) is 15.0 Å². The minimum Gasteiger partial charge on any atom is -0.450 e. The Labute approximate surface area is 155 Å². The van der Waals surface area contributed by atoms with E-state index in [2.05, 4.69) is 0 Å². The first kappa shape index (κ1) is 21.0. The Bertz CT molecular complexity index is 835. The number of nitrogens with zero attached hydrogens (tertiary/aromatic N) is 1. The monoisotopic (exact) mass is 367 g/mol. The molecule has 3 rings (SSSR count). The van der Waals surface area contributed by atoms with Gasteiger partial charge < -0.3 is 10.2 Å². The van der Waals surface area contributed by atoms with Crippen LogP contribution in [-0.4, -0.2) is 27.1 Å². The topological polar surface area (TPSA) is 118 Å². The van der Waals surface area contributed by atoms with Crippen LogP contribution in [0.5, 0.6) is 0 Å². The molecule has 0 unspecified atom stereocenters. The van der Waals surface area contributed by atoms with Crippen molar-refractivity contribution in [2.45, 2.75) is 0 Å². The highest BCUT2D eigenvalue weighted by Crippen LogP contribution is 2.20. The minimum absolute atomic E-state index is 0.115. The van der Waals surface area contributed by atoms with Gasteiger partial charge in [0.05, 0.1) is 4.92 Å². The van der Waals surface area contributed by atoms with Crippen LogP contribution in [0.25, 0.3) is 0 Å². The summed E-state index contributed by atoms with van der Waals surface area (Å²) in [5, 5.41) is 24.8. The van der Waals surface area contributed by atoms with E-state index in [1.165, 1.54) is 12.1 Å². The molecule has 0 saturated heterocycles. The maximum atomic E-state index is 12.1. The molecule has 0 bridgehead atoms. The molecule has 7 heteroatoms. The predicted octanol–water partition coefficient (Wildman–Crippen LogP) is 4.73. The van der Waals surface area contributed by atoms with Gasteiger partial charge in [-0.3, -0.25) is 14.9 Å². The minimum atomic E-state index is -1.83. The maximum Gasteiger partial charge on any atom is 0.503 e. The van der Waals surface area contributed by atoms with E-state index in [9.17, 15) is 14.9 Å². The Morgan fingerprint density at radius 2 is 1.07 bits per heavy atom. The zero-order chi connectivity index (χ0) is 20.1. The summed E-state index contributed by atoms with van der Waals surface area (Å²) in [6.45, 7) is 0. The number of carbonyl (C=O) groups excluding carboxylic acids is 1. The lowest BCUT2D eigenvalue weighted by atomic mass is 10.0. The Morgan fingerprint density at radius 1 is 0.704 bits per heavy atom. The summed E-state index contributed by atoms with van der Waals surface area (Å²) in [7, 11) is 0. The average molecular weight is 367 g/mol. The summed E-state index contributed by atoms with van der Waals surface area (Å²) in [6.07, 6.45) is -1.83. The lowest BCUT2D eigenvalue weighted by Gasteiger charge is -2.01. The Hall–Kier alpha value is -4.00. The molecular weight excluding hydrogens is 350 g/mol. The average Bonchev–Trinajstić information content (AvgIpc) is 2.69. The zero-order valence-electron chi connectivity index (χ0n) is 14.1. The molecule has 0 saturated carbocycles. The molecule has 3 aromatic rings. The van der Waals surface area contributed by atoms with Gasteiger partial charge in [-0.05, 0) is 6.07 Å². The number of rotatable bonds is 3. The van der Waals surface area contributed by atoms with E-state index in [0.29, 0.717) is 5.56 Å². The third kappa shape index (κ3) is 8.08. The summed E-state index contributed by atoms with van der Waals surface area (Å²) in [5.41, 5.74) is 0.395. The first-order valence-electron chi connectivity index (χ1n) is 7.68. The Balaban J connectivity index is 0.000000299. The molecule has 0 amide bonds. The number of ketones is 1. The van der Waals surface area contributed by atoms with Crippen LogP contribution in [0.2, 0.25) is 0 Å². The van der Waals surface area contributed by atoms with Gasteiger partial charge in [-0.2, -0.15) is 0 Å². The summed E-state index contributed by atoms with van der Waals surface area (Å²) in [4.78, 5) is 30.9. The molecule has 0 fully saturated rings. The number of nitro groups is 1. The van der Waals surface area contributed by atoms with Crippen molar-refractivity contribution >= 4 is 17.6 Å². The van der Waals surface area contributed by atoms with Gasteiger partial charge in [-0.1, -0.05) is 78.9 Å². The molecule has 0 aliphatic rings. The highest BCUT2D eigenvalue weighted by atomic mass is 16.6. The molecule has 0 heterocycles. The van der Waals surface area contributed by atoms with Crippen molar-refractivity contribution in [3.8, 4) is 0 Å². The van der Waals surface area contributed by atoms with Crippen molar-refractivity contribution in [2.24, 2.45) is 0 Å². The Kier molecular flexibility index (Phi) is 8.99. The van der Waals surface area contributed by atoms with Crippen LogP contribution in [0.1, 0.15) is 15.9 Å². The van der Waals surface area contributed by atoms with Crippen molar-refractivity contribution in [2.75, 3.05) is 0 Å². The molecular formula is C20H17NO6. The van der Waals surface area contributed by atoms with Gasteiger partial charge in [-0.25, -0.2) is 4.79 Å². The number of para-hydroxylation sites is 1. The van der Waals surface area contributed by atoms with Crippen LogP contribution in [0, 0.1) is 10.1 Å². The smallest absolute Gasteiger partial charge is 0.450 e. The molecule has 0 aliphatic carbocycles. The number of carboxylic acid groups (broad SMARTS) is 2. The standard InChI is InChI=1S/C13H9NO3.C6H6.CH2O3/c15-13(10-6-2-1-3-7-10)11-8-4-5-9-12(11)14(16)17;1-2-4-6-5-3-1;2-1(3)4/h1-9H;1-6H;(H2,2,3,4). The third-order valence-electron chi connectivity index (χ3n) is 3.05. The molecule has 0 atom stereocenters. The normalized spacial score (nSPS) is 8.89. The fraction of sp³-hybridized carbons (Fsp3) is 0. The molecule has 27 heavy (non-hydrogen) atoms. The van der Waals surface area contributed by atoms with Crippen molar-refractivity contribution in [1.82, 2.24) is 0 Å². The van der Waals surface area contributed by atoms with E-state index in [0.717, 1.165) is 0 Å². The van der Waals surface area contributed by atoms with Gasteiger partial charge in [0.15, 0.2) is 5.78 Å².